The first-order valence-corrected chi connectivity index (χ1v) is 5.45. The van der Waals surface area contributed by atoms with Gasteiger partial charge in [-0.15, -0.1) is 0 Å². The highest BCUT2D eigenvalue weighted by atomic mass is 16.2. The van der Waals surface area contributed by atoms with E-state index in [1.165, 1.54) is 12.4 Å². The number of amides is 2. The zero-order valence-corrected chi connectivity index (χ0v) is 9.62. The molecule has 1 aliphatic heterocycles. The molecule has 0 radical (unpaired) electrons. The highest BCUT2D eigenvalue weighted by Crippen LogP contribution is 2.26. The SMILES string of the molecule is Cc1cccc(N2C(=O)c3nccnc3C2=O)c1. The Morgan fingerprint density at radius 1 is 1.00 bits per heavy atom. The maximum atomic E-state index is 12.1. The number of nitrogens with zero attached hydrogens (tertiary/aromatic N) is 3. The van der Waals surface area contributed by atoms with Crippen LogP contribution in [0.3, 0.4) is 0 Å². The number of hydrogen-bond donors (Lipinski definition) is 0. The van der Waals surface area contributed by atoms with Crippen molar-refractivity contribution in [3.8, 4) is 0 Å². The highest BCUT2D eigenvalue weighted by molar-refractivity contribution is 6.33. The predicted molar refractivity (Wildman–Crippen MR) is 64.4 cm³/mol. The minimum absolute atomic E-state index is 0.115. The largest absolute Gasteiger partial charge is 0.286 e. The van der Waals surface area contributed by atoms with Gasteiger partial charge in [-0.3, -0.25) is 9.59 Å². The van der Waals surface area contributed by atoms with Crippen LogP contribution in [0.15, 0.2) is 36.7 Å². The summed E-state index contributed by atoms with van der Waals surface area (Å²) in [6.45, 7) is 1.90. The number of aromatic nitrogens is 2. The fraction of sp³-hybridized carbons (Fsp3) is 0.0769. The van der Waals surface area contributed by atoms with E-state index in [9.17, 15) is 9.59 Å². The van der Waals surface area contributed by atoms with E-state index in [0.29, 0.717) is 5.69 Å². The minimum atomic E-state index is -0.423. The van der Waals surface area contributed by atoms with Crippen LogP contribution in [0.2, 0.25) is 0 Å². The molecule has 2 aromatic rings. The summed E-state index contributed by atoms with van der Waals surface area (Å²) in [6.07, 6.45) is 2.81. The van der Waals surface area contributed by atoms with Crippen LogP contribution < -0.4 is 4.90 Å². The van der Waals surface area contributed by atoms with Crippen LogP contribution in [0.5, 0.6) is 0 Å². The third-order valence-corrected chi connectivity index (χ3v) is 2.77. The fourth-order valence-electron chi connectivity index (χ4n) is 1.96. The zero-order valence-electron chi connectivity index (χ0n) is 9.62. The molecule has 5 nitrogen and oxygen atoms in total. The molecule has 3 rings (SSSR count). The molecule has 5 heteroatoms. The van der Waals surface area contributed by atoms with Crippen molar-refractivity contribution in [1.82, 2.24) is 9.97 Å². The number of carbonyl (C=O) groups excluding carboxylic acids is 2. The number of hydrogen-bond acceptors (Lipinski definition) is 4. The molecule has 1 aromatic carbocycles. The van der Waals surface area contributed by atoms with Crippen LogP contribution in [-0.2, 0) is 0 Å². The van der Waals surface area contributed by atoms with E-state index >= 15 is 0 Å². The molecule has 0 N–H and O–H groups in total. The molecule has 0 saturated heterocycles. The Labute approximate surface area is 103 Å². The van der Waals surface area contributed by atoms with Crippen molar-refractivity contribution in [2.24, 2.45) is 0 Å². The number of benzene rings is 1. The Kier molecular flexibility index (Phi) is 2.19. The van der Waals surface area contributed by atoms with Crippen molar-refractivity contribution in [3.63, 3.8) is 0 Å². The van der Waals surface area contributed by atoms with E-state index < -0.39 is 11.8 Å². The van der Waals surface area contributed by atoms with Crippen molar-refractivity contribution < 1.29 is 9.59 Å². The summed E-state index contributed by atoms with van der Waals surface area (Å²) in [5.41, 5.74) is 1.75. The van der Waals surface area contributed by atoms with Crippen molar-refractivity contribution in [2.45, 2.75) is 6.92 Å². The van der Waals surface area contributed by atoms with Crippen LogP contribution in [-0.4, -0.2) is 21.8 Å². The van der Waals surface area contributed by atoms with Crippen LogP contribution in [0, 0.1) is 6.92 Å². The third kappa shape index (κ3) is 1.41. The number of imide groups is 1. The van der Waals surface area contributed by atoms with Gasteiger partial charge in [-0.05, 0) is 24.6 Å². The summed E-state index contributed by atoms with van der Waals surface area (Å²) >= 11 is 0. The molecule has 0 unspecified atom stereocenters. The average Bonchev–Trinajstić information content (AvgIpc) is 2.63. The Balaban J connectivity index is 2.12. The van der Waals surface area contributed by atoms with Gasteiger partial charge in [0.05, 0.1) is 5.69 Å². The summed E-state index contributed by atoms with van der Waals surface area (Å²) in [5.74, 6) is -0.845. The van der Waals surface area contributed by atoms with Crippen molar-refractivity contribution in [3.05, 3.63) is 53.6 Å². The van der Waals surface area contributed by atoms with Crippen LogP contribution >= 0.6 is 0 Å². The van der Waals surface area contributed by atoms with Gasteiger partial charge in [-0.25, -0.2) is 14.9 Å². The molecular formula is C13H9N3O2. The maximum absolute atomic E-state index is 12.1. The van der Waals surface area contributed by atoms with Crippen molar-refractivity contribution in [2.75, 3.05) is 4.90 Å². The molecule has 1 aromatic heterocycles. The molecule has 0 aliphatic carbocycles. The summed E-state index contributed by atoms with van der Waals surface area (Å²) in [6, 6.07) is 7.20. The number of aryl methyl sites for hydroxylation is 1. The fourth-order valence-corrected chi connectivity index (χ4v) is 1.96. The molecule has 2 heterocycles. The van der Waals surface area contributed by atoms with Gasteiger partial charge in [-0.1, -0.05) is 12.1 Å². The van der Waals surface area contributed by atoms with E-state index in [1.807, 2.05) is 13.0 Å². The van der Waals surface area contributed by atoms with Crippen LogP contribution in [0.4, 0.5) is 5.69 Å². The van der Waals surface area contributed by atoms with Crippen LogP contribution in [0.1, 0.15) is 26.5 Å². The lowest BCUT2D eigenvalue weighted by atomic mass is 10.2. The second-order valence-electron chi connectivity index (χ2n) is 4.04. The van der Waals surface area contributed by atoms with Gasteiger partial charge in [0.2, 0.25) is 0 Å². The lowest BCUT2D eigenvalue weighted by Gasteiger charge is -2.13. The quantitative estimate of drug-likeness (QED) is 0.709. The predicted octanol–water partition coefficient (Wildman–Crippen LogP) is 1.59. The maximum Gasteiger partial charge on any atom is 0.286 e. The Morgan fingerprint density at radius 3 is 2.17 bits per heavy atom. The van der Waals surface area contributed by atoms with Gasteiger partial charge in [0, 0.05) is 12.4 Å². The summed E-state index contributed by atoms with van der Waals surface area (Å²) in [7, 11) is 0. The molecule has 0 atom stereocenters. The zero-order chi connectivity index (χ0) is 12.7. The number of rotatable bonds is 1. The molecule has 18 heavy (non-hydrogen) atoms. The van der Waals surface area contributed by atoms with E-state index in [2.05, 4.69) is 9.97 Å². The minimum Gasteiger partial charge on any atom is -0.266 e. The summed E-state index contributed by atoms with van der Waals surface area (Å²) < 4.78 is 0. The highest BCUT2D eigenvalue weighted by Gasteiger charge is 2.39. The normalized spacial score (nSPS) is 13.9. The second-order valence-corrected chi connectivity index (χ2v) is 4.04. The summed E-state index contributed by atoms with van der Waals surface area (Å²) in [5, 5.41) is 0. The third-order valence-electron chi connectivity index (χ3n) is 2.77. The first-order chi connectivity index (χ1) is 8.68. The summed E-state index contributed by atoms with van der Waals surface area (Å²) in [4.78, 5) is 33.2. The van der Waals surface area contributed by atoms with Gasteiger partial charge in [0.1, 0.15) is 0 Å². The van der Waals surface area contributed by atoms with Crippen molar-refractivity contribution in [1.29, 1.82) is 0 Å². The Hall–Kier alpha value is -2.56. The molecule has 1 aliphatic rings. The number of carbonyl (C=O) groups is 2. The molecule has 0 spiro atoms. The first-order valence-electron chi connectivity index (χ1n) is 5.45. The molecule has 2 amide bonds. The molecule has 88 valence electrons. The van der Waals surface area contributed by atoms with E-state index in [0.717, 1.165) is 10.5 Å². The van der Waals surface area contributed by atoms with Gasteiger partial charge < -0.3 is 0 Å². The first kappa shape index (κ1) is 10.6. The average molecular weight is 239 g/mol. The van der Waals surface area contributed by atoms with E-state index in [1.54, 1.807) is 18.2 Å². The lowest BCUT2D eigenvalue weighted by molar-refractivity contribution is 0.0923. The van der Waals surface area contributed by atoms with Gasteiger partial charge >= 0.3 is 0 Å². The van der Waals surface area contributed by atoms with Gasteiger partial charge in [-0.2, -0.15) is 0 Å². The topological polar surface area (TPSA) is 63.2 Å². The standard InChI is InChI=1S/C13H9N3O2/c1-8-3-2-4-9(7-8)16-12(17)10-11(13(16)18)15-6-5-14-10/h2-7H,1H3. The monoisotopic (exact) mass is 239 g/mol. The van der Waals surface area contributed by atoms with E-state index in [4.69, 9.17) is 0 Å². The molecule has 0 saturated carbocycles. The molecule has 0 fully saturated rings. The van der Waals surface area contributed by atoms with Crippen molar-refractivity contribution >= 4 is 17.5 Å². The number of fused-ring (bicyclic) bond motifs is 1. The number of anilines is 1. The Morgan fingerprint density at radius 2 is 1.61 bits per heavy atom. The lowest BCUT2D eigenvalue weighted by Crippen LogP contribution is -2.29. The molecule has 0 bridgehead atoms. The smallest absolute Gasteiger partial charge is 0.266 e. The van der Waals surface area contributed by atoms with Crippen LogP contribution in [0.25, 0.3) is 0 Å². The molecular weight excluding hydrogens is 230 g/mol. The Bertz CT molecular complexity index is 632. The second kappa shape index (κ2) is 3.73. The van der Waals surface area contributed by atoms with Gasteiger partial charge in [0.15, 0.2) is 11.4 Å². The van der Waals surface area contributed by atoms with E-state index in [-0.39, 0.29) is 11.4 Å². The van der Waals surface area contributed by atoms with Gasteiger partial charge in [0.25, 0.3) is 11.8 Å².